The topological polar surface area (TPSA) is 111 Å². The zero-order chi connectivity index (χ0) is 22.1. The number of rotatable bonds is 8. The minimum Gasteiger partial charge on any atom is -0.465 e. The summed E-state index contributed by atoms with van der Waals surface area (Å²) in [5.74, 6) is -1.99. The van der Waals surface area contributed by atoms with Gasteiger partial charge in [-0.1, -0.05) is 36.4 Å². The number of benzene rings is 2. The lowest BCUT2D eigenvalue weighted by Gasteiger charge is -2.17. The predicted molar refractivity (Wildman–Crippen MR) is 110 cm³/mol. The summed E-state index contributed by atoms with van der Waals surface area (Å²) in [5.41, 5.74) is 2.19. The maximum atomic E-state index is 12.2. The second-order valence-corrected chi connectivity index (χ2v) is 6.60. The molecule has 158 valence electrons. The number of anilines is 1. The number of hydrogen-bond acceptors (Lipinski definition) is 6. The van der Waals surface area contributed by atoms with E-state index in [9.17, 15) is 19.2 Å². The van der Waals surface area contributed by atoms with Crippen molar-refractivity contribution in [3.8, 4) is 0 Å². The van der Waals surface area contributed by atoms with Crippen LogP contribution in [-0.4, -0.2) is 37.5 Å². The molecule has 2 amide bonds. The van der Waals surface area contributed by atoms with E-state index in [1.54, 1.807) is 43.3 Å². The first-order chi connectivity index (χ1) is 14.3. The molecule has 0 saturated carbocycles. The summed E-state index contributed by atoms with van der Waals surface area (Å²) in [7, 11) is 1.27. The Kier molecular flexibility index (Phi) is 8.10. The minimum atomic E-state index is -0.632. The summed E-state index contributed by atoms with van der Waals surface area (Å²) in [6, 6.07) is 13.2. The minimum absolute atomic E-state index is 0.117. The Morgan fingerprint density at radius 2 is 1.73 bits per heavy atom. The van der Waals surface area contributed by atoms with Crippen molar-refractivity contribution in [2.75, 3.05) is 19.0 Å². The van der Waals surface area contributed by atoms with Gasteiger partial charge in [-0.2, -0.15) is 0 Å². The number of esters is 2. The van der Waals surface area contributed by atoms with E-state index in [1.165, 1.54) is 20.1 Å². The number of aryl methyl sites for hydroxylation is 1. The fraction of sp³-hybridized carbons (Fsp3) is 0.273. The lowest BCUT2D eigenvalue weighted by molar-refractivity contribution is -0.148. The van der Waals surface area contributed by atoms with Crippen LogP contribution in [0, 0.1) is 6.92 Å². The highest BCUT2D eigenvalue weighted by Crippen LogP contribution is 2.19. The molecule has 0 bridgehead atoms. The van der Waals surface area contributed by atoms with Gasteiger partial charge < -0.3 is 20.1 Å². The average molecular weight is 412 g/mol. The molecule has 0 spiro atoms. The van der Waals surface area contributed by atoms with Crippen molar-refractivity contribution < 1.29 is 28.7 Å². The van der Waals surface area contributed by atoms with Gasteiger partial charge in [0, 0.05) is 12.6 Å². The van der Waals surface area contributed by atoms with E-state index in [1.807, 2.05) is 6.07 Å². The molecule has 30 heavy (non-hydrogen) atoms. The highest BCUT2D eigenvalue weighted by Gasteiger charge is 2.19. The van der Waals surface area contributed by atoms with Gasteiger partial charge in [0.1, 0.15) is 0 Å². The highest BCUT2D eigenvalue weighted by molar-refractivity contribution is 5.96. The molecule has 2 N–H and O–H groups in total. The van der Waals surface area contributed by atoms with Gasteiger partial charge in [-0.05, 0) is 30.2 Å². The van der Waals surface area contributed by atoms with Gasteiger partial charge in [0.15, 0.2) is 6.61 Å². The normalized spacial score (nSPS) is 11.2. The molecule has 8 heteroatoms. The fourth-order valence-electron chi connectivity index (χ4n) is 2.74. The Bertz CT molecular complexity index is 926. The third kappa shape index (κ3) is 6.73. The van der Waals surface area contributed by atoms with Crippen LogP contribution in [0.5, 0.6) is 0 Å². The van der Waals surface area contributed by atoms with E-state index >= 15 is 0 Å². The zero-order valence-electron chi connectivity index (χ0n) is 17.1. The van der Waals surface area contributed by atoms with Crippen LogP contribution in [0.4, 0.5) is 5.69 Å². The Labute approximate surface area is 174 Å². The summed E-state index contributed by atoms with van der Waals surface area (Å²) >= 11 is 0. The smallest absolute Gasteiger partial charge is 0.337 e. The van der Waals surface area contributed by atoms with Crippen molar-refractivity contribution in [3.63, 3.8) is 0 Å². The number of amides is 2. The molecule has 0 radical (unpaired) electrons. The summed E-state index contributed by atoms with van der Waals surface area (Å²) in [6.07, 6.45) is -0.117. The molecule has 8 nitrogen and oxygen atoms in total. The maximum absolute atomic E-state index is 12.2. The lowest BCUT2D eigenvalue weighted by atomic mass is 10.0. The predicted octanol–water partition coefficient (Wildman–Crippen LogP) is 2.53. The van der Waals surface area contributed by atoms with Crippen LogP contribution in [-0.2, 0) is 23.9 Å². The quantitative estimate of drug-likeness (QED) is 0.645. The van der Waals surface area contributed by atoms with Gasteiger partial charge in [0.25, 0.3) is 5.91 Å². The van der Waals surface area contributed by atoms with Crippen LogP contribution in [0.25, 0.3) is 0 Å². The van der Waals surface area contributed by atoms with E-state index in [2.05, 4.69) is 15.4 Å². The number of hydrogen-bond donors (Lipinski definition) is 2. The van der Waals surface area contributed by atoms with Gasteiger partial charge >= 0.3 is 11.9 Å². The molecule has 0 aliphatic heterocycles. The number of carbonyl (C=O) groups is 4. The highest BCUT2D eigenvalue weighted by atomic mass is 16.5. The van der Waals surface area contributed by atoms with Crippen molar-refractivity contribution in [2.45, 2.75) is 26.3 Å². The van der Waals surface area contributed by atoms with Crippen LogP contribution < -0.4 is 10.6 Å². The molecule has 0 aliphatic rings. The second-order valence-electron chi connectivity index (χ2n) is 6.60. The van der Waals surface area contributed by atoms with Gasteiger partial charge in [0.2, 0.25) is 5.91 Å². The molecule has 2 aromatic rings. The van der Waals surface area contributed by atoms with E-state index in [-0.39, 0.29) is 17.9 Å². The summed E-state index contributed by atoms with van der Waals surface area (Å²) in [6.45, 7) is 2.63. The van der Waals surface area contributed by atoms with Gasteiger partial charge in [-0.3, -0.25) is 14.4 Å². The molecule has 0 heterocycles. The number of carbonyl (C=O) groups excluding carboxylic acids is 4. The molecule has 0 unspecified atom stereocenters. The first kappa shape index (κ1) is 22.6. The van der Waals surface area contributed by atoms with Crippen LogP contribution in [0.15, 0.2) is 48.5 Å². The van der Waals surface area contributed by atoms with E-state index in [0.29, 0.717) is 5.69 Å². The Balaban J connectivity index is 1.94. The largest absolute Gasteiger partial charge is 0.465 e. The van der Waals surface area contributed by atoms with Crippen molar-refractivity contribution in [1.82, 2.24) is 5.32 Å². The fourth-order valence-corrected chi connectivity index (χ4v) is 2.74. The molecule has 2 aromatic carbocycles. The monoisotopic (exact) mass is 412 g/mol. The molecule has 0 fully saturated rings. The van der Waals surface area contributed by atoms with Crippen LogP contribution in [0.2, 0.25) is 0 Å². The van der Waals surface area contributed by atoms with Crippen molar-refractivity contribution in [1.29, 1.82) is 0 Å². The Morgan fingerprint density at radius 3 is 2.37 bits per heavy atom. The summed E-state index contributed by atoms with van der Waals surface area (Å²) in [4.78, 5) is 47.5. The molecular weight excluding hydrogens is 388 g/mol. The van der Waals surface area contributed by atoms with Gasteiger partial charge in [0.05, 0.1) is 25.1 Å². The van der Waals surface area contributed by atoms with E-state index < -0.39 is 30.5 Å². The Morgan fingerprint density at radius 1 is 1.03 bits per heavy atom. The van der Waals surface area contributed by atoms with Crippen molar-refractivity contribution in [3.05, 3.63) is 65.2 Å². The van der Waals surface area contributed by atoms with Crippen LogP contribution >= 0.6 is 0 Å². The van der Waals surface area contributed by atoms with Gasteiger partial charge in [-0.15, -0.1) is 0 Å². The summed E-state index contributed by atoms with van der Waals surface area (Å²) < 4.78 is 9.72. The third-order valence-corrected chi connectivity index (χ3v) is 4.25. The molecule has 2 rings (SSSR count). The average Bonchev–Trinajstić information content (AvgIpc) is 2.73. The molecule has 0 aromatic heterocycles. The lowest BCUT2D eigenvalue weighted by Crippen LogP contribution is -2.29. The molecule has 0 aliphatic carbocycles. The first-order valence-corrected chi connectivity index (χ1v) is 9.26. The van der Waals surface area contributed by atoms with Crippen LogP contribution in [0.3, 0.4) is 0 Å². The maximum Gasteiger partial charge on any atom is 0.337 e. The first-order valence-electron chi connectivity index (χ1n) is 9.26. The number of ether oxygens (including phenoxy) is 2. The van der Waals surface area contributed by atoms with Crippen LogP contribution in [0.1, 0.15) is 40.9 Å². The SMILES string of the molecule is COC(=O)c1ccc(C)c(NC(=O)COC(=O)C[C@H](NC(C)=O)c2ccccc2)c1. The second kappa shape index (κ2) is 10.8. The Hall–Kier alpha value is -3.68. The molecular formula is C22H24N2O6. The van der Waals surface area contributed by atoms with E-state index in [4.69, 9.17) is 4.74 Å². The number of methoxy groups -OCH3 is 1. The summed E-state index contributed by atoms with van der Waals surface area (Å²) in [5, 5.41) is 5.31. The van der Waals surface area contributed by atoms with Gasteiger partial charge in [-0.25, -0.2) is 4.79 Å². The standard InChI is InChI=1S/C22H24N2O6/c1-14-9-10-17(22(28)29-3)11-18(14)24-20(26)13-30-21(27)12-19(23-15(2)25)16-7-5-4-6-8-16/h4-11,19H,12-13H2,1-3H3,(H,23,25)(H,24,26)/t19-/m0/s1. The number of nitrogens with one attached hydrogen (secondary N) is 2. The molecule has 1 atom stereocenters. The third-order valence-electron chi connectivity index (χ3n) is 4.25. The zero-order valence-corrected chi connectivity index (χ0v) is 17.1. The van der Waals surface area contributed by atoms with Crippen molar-refractivity contribution in [2.24, 2.45) is 0 Å². The van der Waals surface area contributed by atoms with Crippen molar-refractivity contribution >= 4 is 29.4 Å². The van der Waals surface area contributed by atoms with E-state index in [0.717, 1.165) is 11.1 Å². The molecule has 0 saturated heterocycles.